The summed E-state index contributed by atoms with van der Waals surface area (Å²) in [7, 11) is 0. The highest BCUT2D eigenvalue weighted by Gasteiger charge is 2.25. The molecule has 1 amide bonds. The largest absolute Gasteiger partial charge is 0.439 e. The van der Waals surface area contributed by atoms with E-state index in [0.29, 0.717) is 42.4 Å². The lowest BCUT2D eigenvalue weighted by atomic mass is 10.1. The molecule has 0 unspecified atom stereocenters. The highest BCUT2D eigenvalue weighted by atomic mass is 19.1. The van der Waals surface area contributed by atoms with Gasteiger partial charge in [-0.3, -0.25) is 4.79 Å². The lowest BCUT2D eigenvalue weighted by Crippen LogP contribution is -2.31. The van der Waals surface area contributed by atoms with E-state index in [1.165, 1.54) is 12.1 Å². The number of ether oxygens (including phenoxy) is 1. The molecule has 5 nitrogen and oxygen atoms in total. The van der Waals surface area contributed by atoms with E-state index in [-0.39, 0.29) is 11.7 Å². The highest BCUT2D eigenvalue weighted by Crippen LogP contribution is 2.32. The van der Waals surface area contributed by atoms with E-state index in [0.717, 1.165) is 17.7 Å². The molecular formula is C28H28FN3O2. The van der Waals surface area contributed by atoms with Crippen molar-refractivity contribution < 1.29 is 13.9 Å². The summed E-state index contributed by atoms with van der Waals surface area (Å²) in [6.45, 7) is 5.03. The van der Waals surface area contributed by atoms with Gasteiger partial charge in [0.15, 0.2) is 0 Å². The van der Waals surface area contributed by atoms with Crippen LogP contribution in [0.25, 0.3) is 5.69 Å². The van der Waals surface area contributed by atoms with Crippen LogP contribution in [0, 0.1) is 5.82 Å². The first-order valence-electron chi connectivity index (χ1n) is 11.5. The van der Waals surface area contributed by atoms with Crippen molar-refractivity contribution in [2.45, 2.75) is 33.2 Å². The Hall–Kier alpha value is -3.93. The van der Waals surface area contributed by atoms with Gasteiger partial charge in [0.2, 0.25) is 5.88 Å². The van der Waals surface area contributed by atoms with Crippen molar-refractivity contribution in [3.63, 3.8) is 0 Å². The van der Waals surface area contributed by atoms with E-state index >= 15 is 0 Å². The number of halogens is 1. The van der Waals surface area contributed by atoms with E-state index in [2.05, 4.69) is 6.92 Å². The first-order chi connectivity index (χ1) is 16.6. The van der Waals surface area contributed by atoms with Gasteiger partial charge in [-0.25, -0.2) is 9.07 Å². The number of nitrogens with zero attached hydrogens (tertiary/aromatic N) is 3. The van der Waals surface area contributed by atoms with E-state index in [1.807, 2.05) is 72.5 Å². The molecule has 0 saturated carbocycles. The summed E-state index contributed by atoms with van der Waals surface area (Å²) in [5, 5.41) is 4.80. The van der Waals surface area contributed by atoms with Crippen LogP contribution in [0.4, 0.5) is 4.39 Å². The Morgan fingerprint density at radius 1 is 0.941 bits per heavy atom. The number of hydrogen-bond donors (Lipinski definition) is 0. The quantitative estimate of drug-likeness (QED) is 0.291. The van der Waals surface area contributed by atoms with Gasteiger partial charge in [-0.1, -0.05) is 50.2 Å². The molecule has 0 aliphatic rings. The Morgan fingerprint density at radius 3 is 2.21 bits per heavy atom. The number of hydrogen-bond acceptors (Lipinski definition) is 3. The lowest BCUT2D eigenvalue weighted by molar-refractivity contribution is 0.0742. The van der Waals surface area contributed by atoms with Crippen molar-refractivity contribution in [3.8, 4) is 17.3 Å². The molecule has 0 fully saturated rings. The van der Waals surface area contributed by atoms with Gasteiger partial charge in [0, 0.05) is 12.1 Å². The topological polar surface area (TPSA) is 47.4 Å². The van der Waals surface area contributed by atoms with E-state index < -0.39 is 0 Å². The van der Waals surface area contributed by atoms with E-state index in [1.54, 1.807) is 16.8 Å². The monoisotopic (exact) mass is 457 g/mol. The average molecular weight is 458 g/mol. The average Bonchev–Trinajstić information content (AvgIpc) is 3.21. The Morgan fingerprint density at radius 2 is 1.59 bits per heavy atom. The normalized spacial score (nSPS) is 10.8. The molecule has 0 radical (unpaired) electrons. The van der Waals surface area contributed by atoms with Gasteiger partial charge >= 0.3 is 0 Å². The summed E-state index contributed by atoms with van der Waals surface area (Å²) >= 11 is 0. The van der Waals surface area contributed by atoms with Gasteiger partial charge in [0.1, 0.15) is 11.6 Å². The number of rotatable bonds is 9. The van der Waals surface area contributed by atoms with Crippen molar-refractivity contribution in [1.82, 2.24) is 14.7 Å². The molecule has 0 atom stereocenters. The molecule has 0 aliphatic heterocycles. The van der Waals surface area contributed by atoms with Gasteiger partial charge < -0.3 is 9.64 Å². The third-order valence-corrected chi connectivity index (χ3v) is 5.53. The van der Waals surface area contributed by atoms with Crippen molar-refractivity contribution in [1.29, 1.82) is 0 Å². The second-order valence-corrected chi connectivity index (χ2v) is 7.98. The zero-order valence-electron chi connectivity index (χ0n) is 19.4. The molecule has 34 heavy (non-hydrogen) atoms. The predicted octanol–water partition coefficient (Wildman–Crippen LogP) is 6.42. The van der Waals surface area contributed by atoms with Crippen LogP contribution < -0.4 is 4.74 Å². The van der Waals surface area contributed by atoms with Gasteiger partial charge in [0.25, 0.3) is 5.91 Å². The predicted molar refractivity (Wildman–Crippen MR) is 131 cm³/mol. The minimum atomic E-state index is -0.319. The molecule has 4 rings (SSSR count). The number of para-hydroxylation sites is 1. The molecule has 3 aromatic carbocycles. The van der Waals surface area contributed by atoms with Gasteiger partial charge in [-0.05, 0) is 61.4 Å². The van der Waals surface area contributed by atoms with Crippen LogP contribution in [0.2, 0.25) is 0 Å². The van der Waals surface area contributed by atoms with Crippen LogP contribution in [-0.2, 0) is 13.0 Å². The van der Waals surface area contributed by atoms with Crippen LogP contribution in [0.1, 0.15) is 41.9 Å². The Labute approximate surface area is 199 Å². The second-order valence-electron chi connectivity index (χ2n) is 7.98. The summed E-state index contributed by atoms with van der Waals surface area (Å²) in [4.78, 5) is 15.2. The number of carbonyl (C=O) groups excluding carboxylic acids is 1. The standard InChI is InChI=1S/C28H28FN3O2/c1-3-19-31(27(33)21-11-7-5-8-12-21)20-25-26(4-2)30-32(23-17-15-22(29)16-18-23)28(25)34-24-13-9-6-10-14-24/h5-18H,3-4,19-20H2,1-2H3. The summed E-state index contributed by atoms with van der Waals surface area (Å²) in [6, 6.07) is 24.9. The second kappa shape index (κ2) is 10.8. The molecule has 0 aliphatic carbocycles. The number of carbonyl (C=O) groups is 1. The number of benzene rings is 3. The fourth-order valence-electron chi connectivity index (χ4n) is 3.86. The number of amides is 1. The van der Waals surface area contributed by atoms with E-state index in [9.17, 15) is 9.18 Å². The third kappa shape index (κ3) is 5.17. The third-order valence-electron chi connectivity index (χ3n) is 5.53. The maximum atomic E-state index is 13.6. The minimum Gasteiger partial charge on any atom is -0.439 e. The number of aromatic nitrogens is 2. The molecule has 0 N–H and O–H groups in total. The molecule has 0 spiro atoms. The minimum absolute atomic E-state index is 0.0373. The zero-order valence-corrected chi connectivity index (χ0v) is 19.4. The summed E-state index contributed by atoms with van der Waals surface area (Å²) in [5.74, 6) is 0.826. The smallest absolute Gasteiger partial charge is 0.254 e. The summed E-state index contributed by atoms with van der Waals surface area (Å²) in [6.07, 6.45) is 1.48. The maximum Gasteiger partial charge on any atom is 0.254 e. The van der Waals surface area contributed by atoms with Crippen molar-refractivity contribution in [2.75, 3.05) is 6.54 Å². The van der Waals surface area contributed by atoms with Crippen molar-refractivity contribution >= 4 is 5.91 Å². The van der Waals surface area contributed by atoms with Crippen LogP contribution >= 0.6 is 0 Å². The first-order valence-corrected chi connectivity index (χ1v) is 11.5. The van der Waals surface area contributed by atoms with Crippen molar-refractivity contribution in [2.24, 2.45) is 0 Å². The molecule has 6 heteroatoms. The molecule has 4 aromatic rings. The lowest BCUT2D eigenvalue weighted by Gasteiger charge is -2.23. The zero-order chi connectivity index (χ0) is 23.9. The van der Waals surface area contributed by atoms with Crippen LogP contribution in [0.3, 0.4) is 0 Å². The Balaban J connectivity index is 1.79. The fraction of sp³-hybridized carbons (Fsp3) is 0.214. The molecular weight excluding hydrogens is 429 g/mol. The molecule has 0 bridgehead atoms. The Kier molecular flexibility index (Phi) is 7.38. The first kappa shape index (κ1) is 23.2. The molecule has 0 saturated heterocycles. The summed E-state index contributed by atoms with van der Waals surface area (Å²) < 4.78 is 21.6. The molecule has 174 valence electrons. The highest BCUT2D eigenvalue weighted by molar-refractivity contribution is 5.94. The van der Waals surface area contributed by atoms with Crippen molar-refractivity contribution in [3.05, 3.63) is 108 Å². The van der Waals surface area contributed by atoms with Crippen LogP contribution in [-0.4, -0.2) is 27.1 Å². The summed E-state index contributed by atoms with van der Waals surface area (Å²) in [5.41, 5.74) is 3.00. The van der Waals surface area contributed by atoms with Gasteiger partial charge in [0.05, 0.1) is 23.5 Å². The molecule has 1 heterocycles. The van der Waals surface area contributed by atoms with Gasteiger partial charge in [-0.15, -0.1) is 0 Å². The fourth-order valence-corrected chi connectivity index (χ4v) is 3.86. The maximum absolute atomic E-state index is 13.6. The van der Waals surface area contributed by atoms with Gasteiger partial charge in [-0.2, -0.15) is 5.10 Å². The SMILES string of the molecule is CCCN(Cc1c(CC)nn(-c2ccc(F)cc2)c1Oc1ccccc1)C(=O)c1ccccc1. The molecule has 1 aromatic heterocycles. The van der Waals surface area contributed by atoms with E-state index in [4.69, 9.17) is 9.84 Å². The Bertz CT molecular complexity index is 1220. The number of aryl methyl sites for hydroxylation is 1. The van der Waals surface area contributed by atoms with Crippen LogP contribution in [0.5, 0.6) is 11.6 Å². The van der Waals surface area contributed by atoms with Crippen LogP contribution in [0.15, 0.2) is 84.9 Å².